The predicted molar refractivity (Wildman–Crippen MR) is 98.5 cm³/mol. The number of rotatable bonds is 6. The maximum atomic E-state index is 13.2. The van der Waals surface area contributed by atoms with Crippen molar-refractivity contribution >= 4 is 5.97 Å². The maximum Gasteiger partial charge on any atom is 0.312 e. The summed E-state index contributed by atoms with van der Waals surface area (Å²) in [4.78, 5) is 13.2. The molecule has 2 heteroatoms. The first-order chi connectivity index (χ1) is 11.0. The number of carbonyl (C=O) groups is 1. The number of hydrogen-bond donors (Lipinski definition) is 0. The van der Waals surface area contributed by atoms with Gasteiger partial charge in [-0.3, -0.25) is 4.79 Å². The molecule has 0 heterocycles. The molecule has 3 rings (SSSR count). The Kier molecular flexibility index (Phi) is 4.17. The van der Waals surface area contributed by atoms with Gasteiger partial charge in [0.15, 0.2) is 0 Å². The lowest BCUT2D eigenvalue weighted by atomic mass is 9.25. The van der Waals surface area contributed by atoms with E-state index in [1.807, 2.05) is 0 Å². The Bertz CT molecular complexity index is 501. The Balaban J connectivity index is 1.73. The number of esters is 1. The van der Waals surface area contributed by atoms with E-state index in [0.29, 0.717) is 23.2 Å². The van der Waals surface area contributed by atoms with Gasteiger partial charge < -0.3 is 4.74 Å². The molecule has 6 unspecified atom stereocenters. The maximum absolute atomic E-state index is 13.2. The molecule has 0 aromatic heterocycles. The lowest BCUT2D eigenvalue weighted by Gasteiger charge is -2.80. The summed E-state index contributed by atoms with van der Waals surface area (Å²) in [6.07, 6.45) is 5.00. The first-order valence-corrected chi connectivity index (χ1v) is 10.2. The van der Waals surface area contributed by atoms with Crippen LogP contribution in [-0.2, 0) is 9.53 Å². The fraction of sp³-hybridized carbons (Fsp3) is 0.955. The van der Waals surface area contributed by atoms with Gasteiger partial charge in [-0.1, -0.05) is 34.6 Å². The largest absolute Gasteiger partial charge is 0.459 e. The van der Waals surface area contributed by atoms with E-state index in [9.17, 15) is 4.79 Å². The van der Waals surface area contributed by atoms with Crippen molar-refractivity contribution in [3.63, 3.8) is 0 Å². The molecule has 3 aliphatic carbocycles. The second-order valence-electron chi connectivity index (χ2n) is 10.7. The molecule has 138 valence electrons. The third-order valence-electron chi connectivity index (χ3n) is 8.37. The molecule has 0 amide bonds. The summed E-state index contributed by atoms with van der Waals surface area (Å²) >= 11 is 0. The summed E-state index contributed by atoms with van der Waals surface area (Å²) in [6, 6.07) is 0. The quantitative estimate of drug-likeness (QED) is 0.582. The van der Waals surface area contributed by atoms with Crippen LogP contribution in [0.1, 0.15) is 81.1 Å². The van der Waals surface area contributed by atoms with Crippen molar-refractivity contribution in [1.82, 2.24) is 0 Å². The van der Waals surface area contributed by atoms with Crippen molar-refractivity contribution in [3.05, 3.63) is 0 Å². The molecule has 0 saturated heterocycles. The summed E-state index contributed by atoms with van der Waals surface area (Å²) in [6.45, 7) is 17.6. The minimum Gasteiger partial charge on any atom is -0.459 e. The third-order valence-corrected chi connectivity index (χ3v) is 8.37. The lowest BCUT2D eigenvalue weighted by molar-refractivity contribution is -0.335. The van der Waals surface area contributed by atoms with E-state index >= 15 is 0 Å². The zero-order chi connectivity index (χ0) is 18.1. The van der Waals surface area contributed by atoms with E-state index in [1.165, 1.54) is 19.3 Å². The molecule has 24 heavy (non-hydrogen) atoms. The zero-order valence-corrected chi connectivity index (χ0v) is 17.1. The van der Waals surface area contributed by atoms with Crippen LogP contribution in [-0.4, -0.2) is 11.6 Å². The summed E-state index contributed by atoms with van der Waals surface area (Å²) in [5.41, 5.74) is -0.180. The van der Waals surface area contributed by atoms with Gasteiger partial charge in [-0.25, -0.2) is 0 Å². The van der Waals surface area contributed by atoms with E-state index < -0.39 is 0 Å². The highest BCUT2D eigenvalue weighted by Crippen LogP contribution is 2.81. The first kappa shape index (κ1) is 18.3. The van der Waals surface area contributed by atoms with Crippen LogP contribution in [0.25, 0.3) is 0 Å². The molecule has 0 bridgehead atoms. The monoisotopic (exact) mass is 334 g/mol. The van der Waals surface area contributed by atoms with Crippen LogP contribution in [0.2, 0.25) is 0 Å². The second-order valence-corrected chi connectivity index (χ2v) is 10.7. The van der Waals surface area contributed by atoms with Crippen molar-refractivity contribution < 1.29 is 9.53 Å². The van der Waals surface area contributed by atoms with Crippen LogP contribution in [0.3, 0.4) is 0 Å². The number of carbonyl (C=O) groups excluding carboxylic acids is 1. The van der Waals surface area contributed by atoms with E-state index in [2.05, 4.69) is 55.4 Å². The summed E-state index contributed by atoms with van der Waals surface area (Å²) in [5, 5.41) is 0. The fourth-order valence-corrected chi connectivity index (χ4v) is 6.76. The number of hydrogen-bond acceptors (Lipinski definition) is 2. The summed E-state index contributed by atoms with van der Waals surface area (Å²) < 4.78 is 6.28. The Morgan fingerprint density at radius 1 is 1.08 bits per heavy atom. The fourth-order valence-electron chi connectivity index (χ4n) is 6.76. The van der Waals surface area contributed by atoms with Crippen LogP contribution in [0.5, 0.6) is 0 Å². The lowest BCUT2D eigenvalue weighted by Crippen LogP contribution is -2.76. The van der Waals surface area contributed by atoms with E-state index in [4.69, 9.17) is 4.74 Å². The molecular formula is C22H38O2. The van der Waals surface area contributed by atoms with Gasteiger partial charge in [0, 0.05) is 5.92 Å². The molecule has 3 aliphatic rings. The molecule has 6 atom stereocenters. The van der Waals surface area contributed by atoms with Gasteiger partial charge in [0.25, 0.3) is 0 Å². The zero-order valence-electron chi connectivity index (χ0n) is 17.1. The molecule has 0 aromatic rings. The molecule has 0 aliphatic heterocycles. The van der Waals surface area contributed by atoms with Gasteiger partial charge in [-0.2, -0.15) is 0 Å². The molecule has 0 aromatic carbocycles. The average molecular weight is 335 g/mol. The predicted octanol–water partition coefficient (Wildman–Crippen LogP) is 5.70. The minimum atomic E-state index is -0.378. The SMILES string of the molecule is CC(C)CC(C)(C(=O)OC(C)(C)C1CC2CC3CC(C)C321)C(C)C. The van der Waals surface area contributed by atoms with Crippen LogP contribution in [0.4, 0.5) is 0 Å². The third kappa shape index (κ3) is 2.23. The van der Waals surface area contributed by atoms with Crippen LogP contribution in [0.15, 0.2) is 0 Å². The van der Waals surface area contributed by atoms with Crippen molar-refractivity contribution in [1.29, 1.82) is 0 Å². The molecular weight excluding hydrogens is 296 g/mol. The van der Waals surface area contributed by atoms with Crippen molar-refractivity contribution in [2.75, 3.05) is 0 Å². The normalized spacial score (nSPS) is 39.9. The Labute approximate surface area is 149 Å². The van der Waals surface area contributed by atoms with Gasteiger partial charge in [-0.15, -0.1) is 0 Å². The van der Waals surface area contributed by atoms with Crippen molar-refractivity contribution in [2.45, 2.75) is 86.7 Å². The van der Waals surface area contributed by atoms with E-state index in [0.717, 1.165) is 24.2 Å². The molecule has 0 radical (unpaired) electrons. The van der Waals surface area contributed by atoms with Crippen molar-refractivity contribution in [3.8, 4) is 0 Å². The summed E-state index contributed by atoms with van der Waals surface area (Å²) in [5.74, 6) is 4.06. The molecule has 0 N–H and O–H groups in total. The highest BCUT2D eigenvalue weighted by Gasteiger charge is 2.76. The van der Waals surface area contributed by atoms with Crippen molar-refractivity contribution in [2.24, 2.45) is 46.3 Å². The Morgan fingerprint density at radius 3 is 2.08 bits per heavy atom. The average Bonchev–Trinajstić information content (AvgIpc) is 2.39. The first-order valence-electron chi connectivity index (χ1n) is 10.2. The van der Waals surface area contributed by atoms with Gasteiger partial charge in [0.05, 0.1) is 5.41 Å². The van der Waals surface area contributed by atoms with E-state index in [-0.39, 0.29) is 17.0 Å². The Hall–Kier alpha value is -0.530. The highest BCUT2D eigenvalue weighted by atomic mass is 16.6. The van der Waals surface area contributed by atoms with Gasteiger partial charge in [-0.05, 0) is 81.5 Å². The molecule has 1 spiro atoms. The van der Waals surface area contributed by atoms with Gasteiger partial charge in [0.2, 0.25) is 0 Å². The van der Waals surface area contributed by atoms with Crippen LogP contribution < -0.4 is 0 Å². The summed E-state index contributed by atoms with van der Waals surface area (Å²) in [7, 11) is 0. The van der Waals surface area contributed by atoms with Crippen LogP contribution >= 0.6 is 0 Å². The Morgan fingerprint density at radius 2 is 1.67 bits per heavy atom. The molecule has 3 saturated carbocycles. The smallest absolute Gasteiger partial charge is 0.312 e. The number of ether oxygens (including phenoxy) is 1. The van der Waals surface area contributed by atoms with Gasteiger partial charge >= 0.3 is 5.97 Å². The van der Waals surface area contributed by atoms with Crippen LogP contribution in [0, 0.1) is 46.3 Å². The highest BCUT2D eigenvalue weighted by molar-refractivity contribution is 5.77. The molecule has 2 nitrogen and oxygen atoms in total. The minimum absolute atomic E-state index is 0.0268. The second kappa shape index (κ2) is 5.48. The standard InChI is InChI=1S/C22H38O2/c1-13(2)12-21(8,14(3)4)19(23)24-20(6,7)18-11-17-10-16-9-15(5)22(16,17)18/h13-18H,9-12H2,1-8H3. The molecule has 3 fully saturated rings. The van der Waals surface area contributed by atoms with Gasteiger partial charge in [0.1, 0.15) is 5.60 Å². The topological polar surface area (TPSA) is 26.3 Å². The van der Waals surface area contributed by atoms with E-state index in [1.54, 1.807) is 0 Å².